The fourth-order valence-corrected chi connectivity index (χ4v) is 1.91. The van der Waals surface area contributed by atoms with Gasteiger partial charge in [-0.2, -0.15) is 0 Å². The Balaban J connectivity index is 1.94. The van der Waals surface area contributed by atoms with E-state index in [1.807, 2.05) is 23.1 Å². The molecule has 6 nitrogen and oxygen atoms in total. The maximum atomic E-state index is 5.70. The Kier molecular flexibility index (Phi) is 5.68. The first-order valence-electron chi connectivity index (χ1n) is 7.37. The molecule has 0 radical (unpaired) electrons. The second kappa shape index (κ2) is 7.73. The predicted octanol–water partition coefficient (Wildman–Crippen LogP) is 2.24. The smallest absolute Gasteiger partial charge is 0.318 e. The Morgan fingerprint density at radius 3 is 2.81 bits per heavy atom. The monoisotopic (exact) mass is 289 g/mol. The van der Waals surface area contributed by atoms with E-state index in [9.17, 15) is 0 Å². The minimum Gasteiger partial charge on any atom is -0.407 e. The van der Waals surface area contributed by atoms with Crippen molar-refractivity contribution in [3.8, 4) is 0 Å². The van der Waals surface area contributed by atoms with Crippen LogP contribution in [0.5, 0.6) is 0 Å². The summed E-state index contributed by atoms with van der Waals surface area (Å²) in [5, 5.41) is 11.5. The van der Waals surface area contributed by atoms with E-state index >= 15 is 0 Å². The second-order valence-electron chi connectivity index (χ2n) is 5.34. The Bertz CT molecular complexity index is 526. The summed E-state index contributed by atoms with van der Waals surface area (Å²) in [6.45, 7) is 9.38. The summed E-state index contributed by atoms with van der Waals surface area (Å²) >= 11 is 0. The zero-order chi connectivity index (χ0) is 15.1. The van der Waals surface area contributed by atoms with Crippen molar-refractivity contribution in [3.63, 3.8) is 0 Å². The standard InChI is InChI=1S/C15H23N5O/c1-4-20(11-13-7-5-6-8-17-13)15-19-18-14(21-15)10-16-9-12(2)3/h5-8,12,16H,4,9-11H2,1-3H3. The van der Waals surface area contributed by atoms with Crippen LogP contribution in [0.3, 0.4) is 0 Å². The van der Waals surface area contributed by atoms with Crippen LogP contribution in [0.25, 0.3) is 0 Å². The number of rotatable bonds is 8. The van der Waals surface area contributed by atoms with Crippen LogP contribution in [0.4, 0.5) is 6.01 Å². The van der Waals surface area contributed by atoms with Crippen LogP contribution in [0.15, 0.2) is 28.8 Å². The van der Waals surface area contributed by atoms with Gasteiger partial charge < -0.3 is 14.6 Å². The van der Waals surface area contributed by atoms with Gasteiger partial charge in [0.05, 0.1) is 18.8 Å². The van der Waals surface area contributed by atoms with E-state index in [4.69, 9.17) is 4.42 Å². The molecule has 0 aliphatic carbocycles. The molecular weight excluding hydrogens is 266 g/mol. The normalized spacial score (nSPS) is 11.0. The summed E-state index contributed by atoms with van der Waals surface area (Å²) in [5.74, 6) is 1.22. The highest BCUT2D eigenvalue weighted by atomic mass is 16.4. The van der Waals surface area contributed by atoms with Crippen LogP contribution in [0.2, 0.25) is 0 Å². The summed E-state index contributed by atoms with van der Waals surface area (Å²) in [5.41, 5.74) is 0.983. The van der Waals surface area contributed by atoms with Gasteiger partial charge in [0.15, 0.2) is 0 Å². The summed E-state index contributed by atoms with van der Waals surface area (Å²) in [4.78, 5) is 6.34. The molecule has 0 aromatic carbocycles. The third kappa shape index (κ3) is 4.82. The van der Waals surface area contributed by atoms with E-state index in [1.165, 1.54) is 0 Å². The molecule has 0 aliphatic rings. The fraction of sp³-hybridized carbons (Fsp3) is 0.533. The highest BCUT2D eigenvalue weighted by Crippen LogP contribution is 2.14. The molecule has 0 saturated heterocycles. The van der Waals surface area contributed by atoms with Crippen LogP contribution in [0, 0.1) is 5.92 Å². The first kappa shape index (κ1) is 15.4. The summed E-state index contributed by atoms with van der Waals surface area (Å²) in [7, 11) is 0. The zero-order valence-electron chi connectivity index (χ0n) is 12.9. The Morgan fingerprint density at radius 1 is 1.29 bits per heavy atom. The highest BCUT2D eigenvalue weighted by molar-refractivity contribution is 5.25. The third-order valence-corrected chi connectivity index (χ3v) is 3.02. The predicted molar refractivity (Wildman–Crippen MR) is 81.8 cm³/mol. The molecule has 2 heterocycles. The van der Waals surface area contributed by atoms with E-state index in [0.717, 1.165) is 18.8 Å². The zero-order valence-corrected chi connectivity index (χ0v) is 12.9. The Morgan fingerprint density at radius 2 is 2.14 bits per heavy atom. The van der Waals surface area contributed by atoms with Gasteiger partial charge in [-0.05, 0) is 31.5 Å². The van der Waals surface area contributed by atoms with Crippen molar-refractivity contribution in [3.05, 3.63) is 36.0 Å². The van der Waals surface area contributed by atoms with Gasteiger partial charge in [0, 0.05) is 12.7 Å². The molecule has 2 rings (SSSR count). The van der Waals surface area contributed by atoms with Crippen molar-refractivity contribution in [1.82, 2.24) is 20.5 Å². The Labute approximate surface area is 125 Å². The number of nitrogens with one attached hydrogen (secondary N) is 1. The molecule has 2 aromatic rings. The van der Waals surface area contributed by atoms with Gasteiger partial charge in [-0.1, -0.05) is 25.0 Å². The number of nitrogens with zero attached hydrogens (tertiary/aromatic N) is 4. The molecule has 0 fully saturated rings. The number of aromatic nitrogens is 3. The van der Waals surface area contributed by atoms with Crippen molar-refractivity contribution in [2.75, 3.05) is 18.0 Å². The topological polar surface area (TPSA) is 67.1 Å². The lowest BCUT2D eigenvalue weighted by Crippen LogP contribution is -2.23. The number of pyridine rings is 1. The lowest BCUT2D eigenvalue weighted by Gasteiger charge is -2.17. The minimum atomic E-state index is 0.546. The largest absolute Gasteiger partial charge is 0.407 e. The lowest BCUT2D eigenvalue weighted by molar-refractivity contribution is 0.447. The number of hydrogen-bond acceptors (Lipinski definition) is 6. The molecule has 0 saturated carbocycles. The fourth-order valence-electron chi connectivity index (χ4n) is 1.91. The molecule has 114 valence electrons. The van der Waals surface area contributed by atoms with Crippen LogP contribution < -0.4 is 10.2 Å². The number of anilines is 1. The average molecular weight is 289 g/mol. The van der Waals surface area contributed by atoms with Gasteiger partial charge in [-0.3, -0.25) is 4.98 Å². The summed E-state index contributed by atoms with van der Waals surface area (Å²) < 4.78 is 5.70. The van der Waals surface area contributed by atoms with E-state index in [0.29, 0.717) is 30.9 Å². The average Bonchev–Trinajstić information content (AvgIpc) is 2.94. The van der Waals surface area contributed by atoms with Crippen molar-refractivity contribution in [2.45, 2.75) is 33.9 Å². The molecule has 0 aliphatic heterocycles. The third-order valence-electron chi connectivity index (χ3n) is 3.02. The maximum Gasteiger partial charge on any atom is 0.318 e. The van der Waals surface area contributed by atoms with Crippen molar-refractivity contribution >= 4 is 6.01 Å². The van der Waals surface area contributed by atoms with E-state index in [-0.39, 0.29) is 0 Å². The molecule has 0 amide bonds. The van der Waals surface area contributed by atoms with Gasteiger partial charge in [0.1, 0.15) is 0 Å². The highest BCUT2D eigenvalue weighted by Gasteiger charge is 2.13. The minimum absolute atomic E-state index is 0.546. The molecule has 21 heavy (non-hydrogen) atoms. The quantitative estimate of drug-likeness (QED) is 0.804. The van der Waals surface area contributed by atoms with Crippen LogP contribution in [-0.4, -0.2) is 28.3 Å². The van der Waals surface area contributed by atoms with Crippen molar-refractivity contribution in [1.29, 1.82) is 0 Å². The van der Waals surface area contributed by atoms with E-state index < -0.39 is 0 Å². The second-order valence-corrected chi connectivity index (χ2v) is 5.34. The SMILES string of the molecule is CCN(Cc1ccccn1)c1nnc(CNCC(C)C)o1. The van der Waals surface area contributed by atoms with Gasteiger partial charge >= 0.3 is 6.01 Å². The van der Waals surface area contributed by atoms with Crippen molar-refractivity contribution in [2.24, 2.45) is 5.92 Å². The molecule has 0 unspecified atom stereocenters. The molecule has 6 heteroatoms. The molecular formula is C15H23N5O. The van der Waals surface area contributed by atoms with Gasteiger partial charge in [-0.15, -0.1) is 5.10 Å². The molecule has 0 spiro atoms. The first-order valence-corrected chi connectivity index (χ1v) is 7.37. The molecule has 0 atom stereocenters. The van der Waals surface area contributed by atoms with Crippen LogP contribution >= 0.6 is 0 Å². The summed E-state index contributed by atoms with van der Waals surface area (Å²) in [6, 6.07) is 6.42. The molecule has 1 N–H and O–H groups in total. The van der Waals surface area contributed by atoms with Gasteiger partial charge in [-0.25, -0.2) is 0 Å². The molecule has 2 aromatic heterocycles. The molecule has 0 bridgehead atoms. The van der Waals surface area contributed by atoms with E-state index in [1.54, 1.807) is 6.20 Å². The van der Waals surface area contributed by atoms with Crippen LogP contribution in [-0.2, 0) is 13.1 Å². The lowest BCUT2D eigenvalue weighted by atomic mass is 10.2. The first-order chi connectivity index (χ1) is 10.2. The van der Waals surface area contributed by atoms with Gasteiger partial charge in [0.2, 0.25) is 5.89 Å². The summed E-state index contributed by atoms with van der Waals surface area (Å²) in [6.07, 6.45) is 1.79. The number of hydrogen-bond donors (Lipinski definition) is 1. The van der Waals surface area contributed by atoms with Crippen LogP contribution in [0.1, 0.15) is 32.4 Å². The Hall–Kier alpha value is -1.95. The van der Waals surface area contributed by atoms with E-state index in [2.05, 4.69) is 41.3 Å². The van der Waals surface area contributed by atoms with Crippen molar-refractivity contribution < 1.29 is 4.42 Å². The van der Waals surface area contributed by atoms with Gasteiger partial charge in [0.25, 0.3) is 0 Å². The maximum absolute atomic E-state index is 5.70.